The summed E-state index contributed by atoms with van der Waals surface area (Å²) in [7, 11) is 0. The third kappa shape index (κ3) is 3.65. The average Bonchev–Trinajstić information content (AvgIpc) is 3.53. The van der Waals surface area contributed by atoms with Crippen LogP contribution in [0.15, 0.2) is 54.6 Å². The fraction of sp³-hybridized carbons (Fsp3) is 0.240. The SMILES string of the molecule is O=C(O)C1C(c2ccc(OC(F)(F)F)cc2)c2cc3c(cc2C1c1ccc2c(c1)OCO2)OCO3. The van der Waals surface area contributed by atoms with Crippen LogP contribution in [0.2, 0.25) is 0 Å². The molecule has 6 rings (SSSR count). The van der Waals surface area contributed by atoms with Crippen LogP contribution >= 0.6 is 0 Å². The van der Waals surface area contributed by atoms with Crippen molar-refractivity contribution in [2.45, 2.75) is 18.2 Å². The summed E-state index contributed by atoms with van der Waals surface area (Å²) in [5.41, 5.74) is 2.69. The van der Waals surface area contributed by atoms with E-state index < -0.39 is 30.1 Å². The summed E-state index contributed by atoms with van der Waals surface area (Å²) >= 11 is 0. The molecule has 0 saturated heterocycles. The van der Waals surface area contributed by atoms with Crippen LogP contribution in [-0.4, -0.2) is 31.0 Å². The van der Waals surface area contributed by atoms with Crippen molar-refractivity contribution < 1.29 is 46.8 Å². The predicted octanol–water partition coefficient (Wildman–Crippen LogP) is 5.02. The minimum absolute atomic E-state index is 0.0451. The molecule has 35 heavy (non-hydrogen) atoms. The van der Waals surface area contributed by atoms with Crippen molar-refractivity contribution in [2.75, 3.05) is 13.6 Å². The van der Waals surface area contributed by atoms with Crippen molar-refractivity contribution in [3.05, 3.63) is 76.9 Å². The van der Waals surface area contributed by atoms with Gasteiger partial charge in [-0.25, -0.2) is 0 Å². The zero-order valence-corrected chi connectivity index (χ0v) is 17.9. The molecule has 3 aromatic carbocycles. The molecule has 2 aliphatic heterocycles. The van der Waals surface area contributed by atoms with Gasteiger partial charge in [-0.05, 0) is 58.7 Å². The molecule has 0 spiro atoms. The van der Waals surface area contributed by atoms with Gasteiger partial charge in [-0.3, -0.25) is 4.79 Å². The molecule has 1 aliphatic carbocycles. The lowest BCUT2D eigenvalue weighted by atomic mass is 9.79. The van der Waals surface area contributed by atoms with E-state index in [-0.39, 0.29) is 19.3 Å². The Morgan fingerprint density at radius 1 is 0.771 bits per heavy atom. The minimum Gasteiger partial charge on any atom is -0.481 e. The van der Waals surface area contributed by atoms with Crippen molar-refractivity contribution in [1.29, 1.82) is 0 Å². The van der Waals surface area contributed by atoms with E-state index in [0.717, 1.165) is 5.56 Å². The molecular formula is C25H17F3O7. The smallest absolute Gasteiger partial charge is 0.481 e. The summed E-state index contributed by atoms with van der Waals surface area (Å²) < 4.78 is 63.8. The third-order valence-corrected chi connectivity index (χ3v) is 6.48. The monoisotopic (exact) mass is 486 g/mol. The number of hydrogen-bond acceptors (Lipinski definition) is 6. The summed E-state index contributed by atoms with van der Waals surface area (Å²) in [6.45, 7) is 0.124. The Kier molecular flexibility index (Phi) is 4.73. The second-order valence-electron chi connectivity index (χ2n) is 8.38. The Morgan fingerprint density at radius 3 is 1.86 bits per heavy atom. The van der Waals surface area contributed by atoms with Gasteiger partial charge >= 0.3 is 12.3 Å². The van der Waals surface area contributed by atoms with Crippen molar-refractivity contribution >= 4 is 5.97 Å². The summed E-state index contributed by atoms with van der Waals surface area (Å²) in [6.07, 6.45) is -4.83. The highest BCUT2D eigenvalue weighted by Crippen LogP contribution is 2.56. The fourth-order valence-electron chi connectivity index (χ4n) is 5.13. The van der Waals surface area contributed by atoms with Gasteiger partial charge < -0.3 is 28.8 Å². The number of carboxylic acid groups (broad SMARTS) is 1. The first-order chi connectivity index (χ1) is 16.8. The van der Waals surface area contributed by atoms with Crippen molar-refractivity contribution in [1.82, 2.24) is 0 Å². The number of fused-ring (bicyclic) bond motifs is 3. The third-order valence-electron chi connectivity index (χ3n) is 6.48. The van der Waals surface area contributed by atoms with Gasteiger partial charge in [0.2, 0.25) is 13.6 Å². The number of carboxylic acids is 1. The second-order valence-corrected chi connectivity index (χ2v) is 8.38. The molecule has 0 amide bonds. The normalized spacial score (nSPS) is 21.6. The van der Waals surface area contributed by atoms with Crippen LogP contribution in [0.25, 0.3) is 0 Å². The lowest BCUT2D eigenvalue weighted by molar-refractivity contribution is -0.274. The Morgan fingerprint density at radius 2 is 1.29 bits per heavy atom. The highest BCUT2D eigenvalue weighted by molar-refractivity contribution is 5.78. The van der Waals surface area contributed by atoms with Crippen LogP contribution in [-0.2, 0) is 4.79 Å². The molecule has 3 atom stereocenters. The first-order valence-electron chi connectivity index (χ1n) is 10.7. The summed E-state index contributed by atoms with van der Waals surface area (Å²) in [4.78, 5) is 12.7. The topological polar surface area (TPSA) is 83.5 Å². The number of ether oxygens (including phenoxy) is 5. The predicted molar refractivity (Wildman–Crippen MR) is 113 cm³/mol. The molecule has 1 N–H and O–H groups in total. The molecule has 7 nitrogen and oxygen atoms in total. The lowest BCUT2D eigenvalue weighted by Gasteiger charge is -2.23. The molecule has 0 saturated carbocycles. The highest BCUT2D eigenvalue weighted by atomic mass is 19.4. The standard InChI is InChI=1S/C25H17F3O7/c26-25(27,28)35-14-4-1-12(2-5-14)21-15-8-19-20(34-11-33-19)9-16(15)22(23(21)24(29)30)13-3-6-17-18(7-13)32-10-31-17/h1-9,21-23H,10-11H2,(H,29,30). The van der Waals surface area contributed by atoms with Crippen molar-refractivity contribution in [3.63, 3.8) is 0 Å². The number of aliphatic carboxylic acids is 1. The van der Waals surface area contributed by atoms with E-state index >= 15 is 0 Å². The van der Waals surface area contributed by atoms with Crippen LogP contribution in [0.5, 0.6) is 28.7 Å². The maximum atomic E-state index is 12.7. The Bertz CT molecular complexity index is 1320. The molecule has 0 fully saturated rings. The second kappa shape index (κ2) is 7.72. The van der Waals surface area contributed by atoms with Crippen LogP contribution in [0.3, 0.4) is 0 Å². The number of halogens is 3. The quantitative estimate of drug-likeness (QED) is 0.555. The molecular weight excluding hydrogens is 469 g/mol. The van der Waals surface area contributed by atoms with Gasteiger partial charge in [0, 0.05) is 11.8 Å². The molecule has 10 heteroatoms. The molecule has 0 bridgehead atoms. The number of hydrogen-bond donors (Lipinski definition) is 1. The van der Waals surface area contributed by atoms with Crippen molar-refractivity contribution in [2.24, 2.45) is 5.92 Å². The Labute approximate surface area is 196 Å². The Balaban J connectivity index is 1.48. The van der Waals surface area contributed by atoms with E-state index in [9.17, 15) is 23.1 Å². The molecule has 0 radical (unpaired) electrons. The molecule has 3 unspecified atom stereocenters. The molecule has 0 aromatic heterocycles. The zero-order valence-electron chi connectivity index (χ0n) is 17.9. The van der Waals surface area contributed by atoms with Gasteiger partial charge in [-0.2, -0.15) is 0 Å². The van der Waals surface area contributed by atoms with Crippen LogP contribution in [0.4, 0.5) is 13.2 Å². The number of carbonyl (C=O) groups is 1. The molecule has 3 aromatic rings. The first kappa shape index (κ1) is 21.5. The van der Waals surface area contributed by atoms with Gasteiger partial charge in [0.25, 0.3) is 0 Å². The minimum atomic E-state index is -4.83. The van der Waals surface area contributed by atoms with E-state index in [4.69, 9.17) is 18.9 Å². The average molecular weight is 486 g/mol. The van der Waals surface area contributed by atoms with E-state index in [1.165, 1.54) is 24.3 Å². The van der Waals surface area contributed by atoms with Gasteiger partial charge in [0.05, 0.1) is 5.92 Å². The van der Waals surface area contributed by atoms with Gasteiger partial charge in [-0.15, -0.1) is 13.2 Å². The van der Waals surface area contributed by atoms with Crippen molar-refractivity contribution in [3.8, 4) is 28.7 Å². The number of alkyl halides is 3. The summed E-state index contributed by atoms with van der Waals surface area (Å²) in [6, 6.07) is 14.1. The molecule has 180 valence electrons. The maximum absolute atomic E-state index is 12.7. The van der Waals surface area contributed by atoms with Crippen LogP contribution in [0.1, 0.15) is 34.1 Å². The Hall–Kier alpha value is -4.08. The van der Waals surface area contributed by atoms with E-state index in [1.807, 2.05) is 0 Å². The van der Waals surface area contributed by atoms with Crippen LogP contribution in [0, 0.1) is 5.92 Å². The highest BCUT2D eigenvalue weighted by Gasteiger charge is 2.48. The largest absolute Gasteiger partial charge is 0.573 e. The first-order valence-corrected chi connectivity index (χ1v) is 10.7. The maximum Gasteiger partial charge on any atom is 0.573 e. The van der Waals surface area contributed by atoms with Gasteiger partial charge in [0.15, 0.2) is 23.0 Å². The summed E-state index contributed by atoms with van der Waals surface area (Å²) in [5.74, 6) is -1.55. The summed E-state index contributed by atoms with van der Waals surface area (Å²) in [5, 5.41) is 10.4. The van der Waals surface area contributed by atoms with E-state index in [2.05, 4.69) is 4.74 Å². The molecule has 2 heterocycles. The fourth-order valence-corrected chi connectivity index (χ4v) is 5.13. The van der Waals surface area contributed by atoms with E-state index in [0.29, 0.717) is 39.7 Å². The lowest BCUT2D eigenvalue weighted by Crippen LogP contribution is -2.24. The van der Waals surface area contributed by atoms with Gasteiger partial charge in [-0.1, -0.05) is 18.2 Å². The van der Waals surface area contributed by atoms with Crippen LogP contribution < -0.4 is 23.7 Å². The van der Waals surface area contributed by atoms with E-state index in [1.54, 1.807) is 30.3 Å². The van der Waals surface area contributed by atoms with Gasteiger partial charge in [0.1, 0.15) is 5.75 Å². The number of rotatable bonds is 4. The zero-order chi connectivity index (χ0) is 24.3. The molecule has 3 aliphatic rings. The number of benzene rings is 3.